The van der Waals surface area contributed by atoms with Gasteiger partial charge in [-0.05, 0) is 18.6 Å². The summed E-state index contributed by atoms with van der Waals surface area (Å²) >= 11 is 0. The maximum atomic E-state index is 12.2. The predicted octanol–water partition coefficient (Wildman–Crippen LogP) is 2.41. The number of nitrogens with one attached hydrogen (secondary N) is 1. The molecule has 0 spiro atoms. The van der Waals surface area contributed by atoms with Gasteiger partial charge in [-0.3, -0.25) is 9.59 Å². The summed E-state index contributed by atoms with van der Waals surface area (Å²) in [6.07, 6.45) is 6.42. The molecule has 1 aromatic carbocycles. The van der Waals surface area contributed by atoms with Crippen LogP contribution in [0.25, 0.3) is 6.08 Å². The number of carbonyl (C=O) groups excluding carboxylic acids is 2. The van der Waals surface area contributed by atoms with Crippen molar-refractivity contribution in [1.82, 2.24) is 10.2 Å². The van der Waals surface area contributed by atoms with Crippen molar-refractivity contribution in [3.63, 3.8) is 0 Å². The van der Waals surface area contributed by atoms with Crippen molar-refractivity contribution in [2.45, 2.75) is 13.0 Å². The highest BCUT2D eigenvalue weighted by Gasteiger charge is 2.19. The van der Waals surface area contributed by atoms with E-state index in [1.54, 1.807) is 30.1 Å². The quantitative estimate of drug-likeness (QED) is 0.592. The minimum Gasteiger partial charge on any atom is -0.341 e. The molecule has 0 saturated carbocycles. The van der Waals surface area contributed by atoms with Gasteiger partial charge < -0.3 is 10.2 Å². The summed E-state index contributed by atoms with van der Waals surface area (Å²) in [5, 5.41) is 2.66. The van der Waals surface area contributed by atoms with Gasteiger partial charge in [0.05, 0.1) is 0 Å². The van der Waals surface area contributed by atoms with Crippen LogP contribution in [0.5, 0.6) is 0 Å². The summed E-state index contributed by atoms with van der Waals surface area (Å²) in [7, 11) is 0. The maximum Gasteiger partial charge on any atom is 0.245 e. The lowest BCUT2D eigenvalue weighted by Gasteiger charge is -2.23. The molecule has 1 aromatic rings. The summed E-state index contributed by atoms with van der Waals surface area (Å²) in [6, 6.07) is 8.89. The average molecular weight is 298 g/mol. The van der Waals surface area contributed by atoms with Crippen molar-refractivity contribution in [3.05, 3.63) is 67.3 Å². The second-order valence-electron chi connectivity index (χ2n) is 4.79. The molecule has 4 nitrogen and oxygen atoms in total. The Bertz CT molecular complexity index is 539. The zero-order valence-corrected chi connectivity index (χ0v) is 12.9. The average Bonchev–Trinajstić information content (AvgIpc) is 2.53. The number of nitrogens with zero attached hydrogens (tertiary/aromatic N) is 1. The summed E-state index contributed by atoms with van der Waals surface area (Å²) < 4.78 is 0. The zero-order valence-electron chi connectivity index (χ0n) is 12.9. The standard InChI is InChI=1S/C18H22N2O2/c1-4-13-20(14-5-2)18(22)15(3)19-17(21)12-11-16-9-7-6-8-10-16/h4-12,15H,1-2,13-14H2,3H3,(H,19,21)/b12-11+. The van der Waals surface area contributed by atoms with E-state index in [9.17, 15) is 9.59 Å². The molecule has 2 amide bonds. The first-order valence-corrected chi connectivity index (χ1v) is 7.12. The van der Waals surface area contributed by atoms with Crippen LogP contribution in [0.15, 0.2) is 61.7 Å². The molecule has 1 unspecified atom stereocenters. The van der Waals surface area contributed by atoms with Crippen LogP contribution in [0, 0.1) is 0 Å². The van der Waals surface area contributed by atoms with Crippen molar-refractivity contribution < 1.29 is 9.59 Å². The lowest BCUT2D eigenvalue weighted by atomic mass is 10.2. The van der Waals surface area contributed by atoms with Gasteiger partial charge in [-0.25, -0.2) is 0 Å². The van der Waals surface area contributed by atoms with Gasteiger partial charge in [-0.2, -0.15) is 0 Å². The van der Waals surface area contributed by atoms with E-state index in [1.807, 2.05) is 30.3 Å². The van der Waals surface area contributed by atoms with E-state index >= 15 is 0 Å². The Kier molecular flexibility index (Phi) is 7.40. The van der Waals surface area contributed by atoms with E-state index in [4.69, 9.17) is 0 Å². The Morgan fingerprint density at radius 3 is 2.32 bits per heavy atom. The van der Waals surface area contributed by atoms with E-state index in [0.717, 1.165) is 5.56 Å². The molecule has 1 rings (SSSR count). The minimum absolute atomic E-state index is 0.165. The van der Waals surface area contributed by atoms with Gasteiger partial charge in [0.2, 0.25) is 11.8 Å². The molecule has 22 heavy (non-hydrogen) atoms. The molecule has 0 aliphatic carbocycles. The highest BCUT2D eigenvalue weighted by atomic mass is 16.2. The number of carbonyl (C=O) groups is 2. The summed E-state index contributed by atoms with van der Waals surface area (Å²) in [5.74, 6) is -0.469. The second-order valence-corrected chi connectivity index (χ2v) is 4.79. The Morgan fingerprint density at radius 1 is 1.18 bits per heavy atom. The van der Waals surface area contributed by atoms with Crippen LogP contribution >= 0.6 is 0 Å². The van der Waals surface area contributed by atoms with E-state index in [2.05, 4.69) is 18.5 Å². The predicted molar refractivity (Wildman–Crippen MR) is 90.1 cm³/mol. The number of hydrogen-bond donors (Lipinski definition) is 1. The lowest BCUT2D eigenvalue weighted by Crippen LogP contribution is -2.46. The molecule has 0 saturated heterocycles. The third-order valence-electron chi connectivity index (χ3n) is 2.97. The minimum atomic E-state index is -0.604. The number of benzene rings is 1. The first kappa shape index (κ1) is 17.4. The fourth-order valence-electron chi connectivity index (χ4n) is 1.90. The van der Waals surface area contributed by atoms with Crippen LogP contribution in [0.1, 0.15) is 12.5 Å². The molecular formula is C18H22N2O2. The Morgan fingerprint density at radius 2 is 1.77 bits per heavy atom. The van der Waals surface area contributed by atoms with Crippen molar-refractivity contribution in [2.75, 3.05) is 13.1 Å². The number of amides is 2. The molecule has 116 valence electrons. The molecule has 0 radical (unpaired) electrons. The highest BCUT2D eigenvalue weighted by molar-refractivity contribution is 5.95. The third kappa shape index (κ3) is 5.79. The fourth-order valence-corrected chi connectivity index (χ4v) is 1.90. The van der Waals surface area contributed by atoms with Crippen LogP contribution < -0.4 is 5.32 Å². The highest BCUT2D eigenvalue weighted by Crippen LogP contribution is 2.01. The van der Waals surface area contributed by atoms with Gasteiger partial charge in [0.15, 0.2) is 0 Å². The molecule has 0 aliphatic rings. The van der Waals surface area contributed by atoms with Crippen molar-refractivity contribution >= 4 is 17.9 Å². The molecular weight excluding hydrogens is 276 g/mol. The molecule has 0 aliphatic heterocycles. The Hall–Kier alpha value is -2.62. The molecule has 1 atom stereocenters. The lowest BCUT2D eigenvalue weighted by molar-refractivity contribution is -0.134. The van der Waals surface area contributed by atoms with Crippen molar-refractivity contribution in [1.29, 1.82) is 0 Å². The van der Waals surface area contributed by atoms with Crippen LogP contribution in [0.3, 0.4) is 0 Å². The van der Waals surface area contributed by atoms with Crippen LogP contribution in [-0.2, 0) is 9.59 Å². The Labute approximate surface area is 131 Å². The molecule has 1 N–H and O–H groups in total. The molecule has 4 heteroatoms. The largest absolute Gasteiger partial charge is 0.341 e. The molecule has 0 fully saturated rings. The van der Waals surface area contributed by atoms with Gasteiger partial charge in [0.1, 0.15) is 6.04 Å². The SMILES string of the molecule is C=CCN(CC=C)C(=O)C(C)NC(=O)/C=C/c1ccccc1. The molecule has 0 heterocycles. The van der Waals surface area contributed by atoms with Crippen molar-refractivity contribution in [2.24, 2.45) is 0 Å². The van der Waals surface area contributed by atoms with E-state index in [0.29, 0.717) is 13.1 Å². The Balaban J connectivity index is 2.58. The van der Waals surface area contributed by atoms with E-state index in [1.165, 1.54) is 6.08 Å². The first-order valence-electron chi connectivity index (χ1n) is 7.12. The first-order chi connectivity index (χ1) is 10.6. The van der Waals surface area contributed by atoms with Gasteiger partial charge >= 0.3 is 0 Å². The molecule has 0 aromatic heterocycles. The van der Waals surface area contributed by atoms with E-state index < -0.39 is 6.04 Å². The zero-order chi connectivity index (χ0) is 16.4. The number of rotatable bonds is 8. The van der Waals surface area contributed by atoms with Gasteiger partial charge in [0, 0.05) is 19.2 Å². The maximum absolute atomic E-state index is 12.2. The third-order valence-corrected chi connectivity index (χ3v) is 2.97. The summed E-state index contributed by atoms with van der Waals surface area (Å²) in [4.78, 5) is 25.7. The fraction of sp³-hybridized carbons (Fsp3) is 0.222. The van der Waals surface area contributed by atoms with Crippen LogP contribution in [0.2, 0.25) is 0 Å². The number of hydrogen-bond acceptors (Lipinski definition) is 2. The monoisotopic (exact) mass is 298 g/mol. The van der Waals surface area contributed by atoms with Crippen LogP contribution in [-0.4, -0.2) is 35.8 Å². The second kappa shape index (κ2) is 9.34. The van der Waals surface area contributed by atoms with Gasteiger partial charge in [-0.1, -0.05) is 42.5 Å². The van der Waals surface area contributed by atoms with Crippen molar-refractivity contribution in [3.8, 4) is 0 Å². The topological polar surface area (TPSA) is 49.4 Å². The summed E-state index contributed by atoms with van der Waals surface area (Å²) in [5.41, 5.74) is 0.927. The normalized spacial score (nSPS) is 11.7. The van der Waals surface area contributed by atoms with Gasteiger partial charge in [-0.15, -0.1) is 13.2 Å². The van der Waals surface area contributed by atoms with Gasteiger partial charge in [0.25, 0.3) is 0 Å². The van der Waals surface area contributed by atoms with E-state index in [-0.39, 0.29) is 11.8 Å². The molecule has 0 bridgehead atoms. The summed E-state index contributed by atoms with van der Waals surface area (Å²) in [6.45, 7) is 9.75. The smallest absolute Gasteiger partial charge is 0.245 e. The van der Waals surface area contributed by atoms with Crippen LogP contribution in [0.4, 0.5) is 0 Å².